The van der Waals surface area contributed by atoms with Gasteiger partial charge in [0.15, 0.2) is 5.69 Å². The SMILES string of the molecule is Cc1c(C(=O)NC2CC(=O)N(C(C)C)C2=O)nnn1C1CCNCC1. The number of imide groups is 1. The van der Waals surface area contributed by atoms with Crippen LogP contribution in [-0.2, 0) is 9.59 Å². The highest BCUT2D eigenvalue weighted by atomic mass is 16.2. The van der Waals surface area contributed by atoms with Crippen LogP contribution in [0.1, 0.15) is 55.3 Å². The van der Waals surface area contributed by atoms with Crippen molar-refractivity contribution in [3.8, 4) is 0 Å². The molecule has 3 amide bonds. The van der Waals surface area contributed by atoms with Gasteiger partial charge in [-0.15, -0.1) is 5.10 Å². The summed E-state index contributed by atoms with van der Waals surface area (Å²) in [7, 11) is 0. The largest absolute Gasteiger partial charge is 0.338 e. The van der Waals surface area contributed by atoms with Crippen LogP contribution in [0.5, 0.6) is 0 Å². The van der Waals surface area contributed by atoms with Gasteiger partial charge < -0.3 is 10.6 Å². The Balaban J connectivity index is 1.71. The number of hydrogen-bond acceptors (Lipinski definition) is 6. The molecule has 1 atom stereocenters. The fourth-order valence-electron chi connectivity index (χ4n) is 3.48. The molecule has 9 heteroatoms. The van der Waals surface area contributed by atoms with Crippen LogP contribution in [0.15, 0.2) is 0 Å². The van der Waals surface area contributed by atoms with Crippen molar-refractivity contribution in [3.05, 3.63) is 11.4 Å². The molecule has 1 aromatic rings. The fraction of sp³-hybridized carbons (Fsp3) is 0.688. The van der Waals surface area contributed by atoms with Crippen molar-refractivity contribution in [2.75, 3.05) is 13.1 Å². The molecule has 0 aromatic carbocycles. The average molecular weight is 348 g/mol. The maximum atomic E-state index is 12.5. The van der Waals surface area contributed by atoms with Gasteiger partial charge in [-0.1, -0.05) is 5.21 Å². The van der Waals surface area contributed by atoms with Gasteiger partial charge in [0.2, 0.25) is 5.91 Å². The lowest BCUT2D eigenvalue weighted by molar-refractivity contribution is -0.140. The number of nitrogens with zero attached hydrogens (tertiary/aromatic N) is 4. The minimum atomic E-state index is -0.828. The van der Waals surface area contributed by atoms with Gasteiger partial charge in [-0.25, -0.2) is 4.68 Å². The first-order chi connectivity index (χ1) is 11.9. The first-order valence-corrected chi connectivity index (χ1v) is 8.69. The van der Waals surface area contributed by atoms with Gasteiger partial charge in [0.1, 0.15) is 6.04 Å². The number of aromatic nitrogens is 3. The van der Waals surface area contributed by atoms with Crippen molar-refractivity contribution in [1.29, 1.82) is 0 Å². The number of carbonyl (C=O) groups is 3. The lowest BCUT2D eigenvalue weighted by atomic mass is 10.1. The molecule has 1 unspecified atom stereocenters. The summed E-state index contributed by atoms with van der Waals surface area (Å²) in [4.78, 5) is 38.0. The van der Waals surface area contributed by atoms with Crippen molar-refractivity contribution >= 4 is 17.7 Å². The van der Waals surface area contributed by atoms with Gasteiger partial charge in [0.25, 0.3) is 11.8 Å². The summed E-state index contributed by atoms with van der Waals surface area (Å²) in [5, 5.41) is 14.1. The number of amides is 3. The second-order valence-corrected chi connectivity index (χ2v) is 6.88. The summed E-state index contributed by atoms with van der Waals surface area (Å²) in [6, 6.07) is -0.823. The van der Waals surface area contributed by atoms with E-state index in [-0.39, 0.29) is 36.0 Å². The van der Waals surface area contributed by atoms with E-state index in [4.69, 9.17) is 0 Å². The van der Waals surface area contributed by atoms with E-state index in [0.29, 0.717) is 5.69 Å². The Bertz CT molecular complexity index is 692. The monoisotopic (exact) mass is 348 g/mol. The van der Waals surface area contributed by atoms with Gasteiger partial charge >= 0.3 is 0 Å². The van der Waals surface area contributed by atoms with Crippen LogP contribution in [0.3, 0.4) is 0 Å². The van der Waals surface area contributed by atoms with Crippen LogP contribution < -0.4 is 10.6 Å². The normalized spacial score (nSPS) is 22.1. The summed E-state index contributed by atoms with van der Waals surface area (Å²) in [6.45, 7) is 7.17. The van der Waals surface area contributed by atoms with Gasteiger partial charge in [-0.2, -0.15) is 0 Å². The van der Waals surface area contributed by atoms with E-state index in [2.05, 4.69) is 20.9 Å². The highest BCUT2D eigenvalue weighted by Crippen LogP contribution is 2.21. The third kappa shape index (κ3) is 3.28. The summed E-state index contributed by atoms with van der Waals surface area (Å²) in [5.41, 5.74) is 0.892. The van der Waals surface area contributed by atoms with E-state index in [9.17, 15) is 14.4 Å². The van der Waals surface area contributed by atoms with E-state index in [1.165, 1.54) is 4.90 Å². The number of nitrogens with one attached hydrogen (secondary N) is 2. The van der Waals surface area contributed by atoms with Gasteiger partial charge in [-0.05, 0) is 46.7 Å². The number of carbonyl (C=O) groups excluding carboxylic acids is 3. The van der Waals surface area contributed by atoms with E-state index in [0.717, 1.165) is 25.9 Å². The van der Waals surface area contributed by atoms with Crippen molar-refractivity contribution < 1.29 is 14.4 Å². The smallest absolute Gasteiger partial charge is 0.274 e. The van der Waals surface area contributed by atoms with Crippen molar-refractivity contribution in [2.24, 2.45) is 0 Å². The Kier molecular flexibility index (Phi) is 4.85. The molecule has 0 saturated carbocycles. The molecule has 2 aliphatic rings. The molecule has 2 N–H and O–H groups in total. The average Bonchev–Trinajstić information content (AvgIpc) is 3.08. The Morgan fingerprint density at radius 2 is 1.96 bits per heavy atom. The minimum absolute atomic E-state index is 0.00969. The molecule has 1 aromatic heterocycles. The molecule has 136 valence electrons. The molecule has 0 spiro atoms. The standard InChI is InChI=1S/C16H24N6O3/c1-9(2)21-13(23)8-12(16(21)25)18-15(24)14-10(3)22(20-19-14)11-4-6-17-7-5-11/h9,11-12,17H,4-8H2,1-3H3,(H,18,24). The molecule has 25 heavy (non-hydrogen) atoms. The lowest BCUT2D eigenvalue weighted by Crippen LogP contribution is -2.44. The zero-order valence-electron chi connectivity index (χ0n) is 14.8. The molecule has 2 aliphatic heterocycles. The first-order valence-electron chi connectivity index (χ1n) is 8.69. The third-order valence-electron chi connectivity index (χ3n) is 4.80. The third-order valence-corrected chi connectivity index (χ3v) is 4.80. The molecule has 3 heterocycles. The molecule has 0 radical (unpaired) electrons. The minimum Gasteiger partial charge on any atom is -0.338 e. The van der Waals surface area contributed by atoms with Crippen molar-refractivity contribution in [2.45, 2.75) is 58.2 Å². The Labute approximate surface area is 146 Å². The van der Waals surface area contributed by atoms with Crippen molar-refractivity contribution in [3.63, 3.8) is 0 Å². The van der Waals surface area contributed by atoms with Crippen LogP contribution in [0.2, 0.25) is 0 Å². The number of rotatable bonds is 4. The van der Waals surface area contributed by atoms with Crippen LogP contribution in [0.4, 0.5) is 0 Å². The highest BCUT2D eigenvalue weighted by Gasteiger charge is 2.41. The number of likely N-dealkylation sites (tertiary alicyclic amines) is 1. The van der Waals surface area contributed by atoms with Crippen LogP contribution in [0, 0.1) is 6.92 Å². The van der Waals surface area contributed by atoms with Gasteiger partial charge in [0.05, 0.1) is 18.2 Å². The lowest BCUT2D eigenvalue weighted by Gasteiger charge is -2.23. The van der Waals surface area contributed by atoms with Gasteiger partial charge in [0, 0.05) is 6.04 Å². The summed E-state index contributed by atoms with van der Waals surface area (Å²) in [6.07, 6.45) is 1.86. The van der Waals surface area contributed by atoms with Crippen LogP contribution >= 0.6 is 0 Å². The molecule has 9 nitrogen and oxygen atoms in total. The molecular weight excluding hydrogens is 324 g/mol. The van der Waals surface area contributed by atoms with E-state index >= 15 is 0 Å². The molecule has 2 fully saturated rings. The predicted molar refractivity (Wildman–Crippen MR) is 88.8 cm³/mol. The molecular formula is C16H24N6O3. The number of piperidine rings is 1. The topological polar surface area (TPSA) is 109 Å². The highest BCUT2D eigenvalue weighted by molar-refractivity contribution is 6.08. The summed E-state index contributed by atoms with van der Waals surface area (Å²) in [5.74, 6) is -1.09. The fourth-order valence-corrected chi connectivity index (χ4v) is 3.48. The van der Waals surface area contributed by atoms with E-state index in [1.807, 2.05) is 0 Å². The van der Waals surface area contributed by atoms with Crippen LogP contribution in [0.25, 0.3) is 0 Å². The van der Waals surface area contributed by atoms with Gasteiger partial charge in [-0.3, -0.25) is 19.3 Å². The van der Waals surface area contributed by atoms with Crippen molar-refractivity contribution in [1.82, 2.24) is 30.5 Å². The second-order valence-electron chi connectivity index (χ2n) is 6.88. The zero-order valence-corrected chi connectivity index (χ0v) is 14.8. The first kappa shape index (κ1) is 17.5. The Morgan fingerprint density at radius 3 is 2.56 bits per heavy atom. The van der Waals surface area contributed by atoms with E-state index < -0.39 is 11.9 Å². The number of hydrogen-bond donors (Lipinski definition) is 2. The molecule has 0 aliphatic carbocycles. The van der Waals surface area contributed by atoms with E-state index in [1.54, 1.807) is 25.5 Å². The Morgan fingerprint density at radius 1 is 1.28 bits per heavy atom. The zero-order chi connectivity index (χ0) is 18.1. The summed E-state index contributed by atoms with van der Waals surface area (Å²) >= 11 is 0. The predicted octanol–water partition coefficient (Wildman–Crippen LogP) is -0.223. The maximum absolute atomic E-state index is 12.5. The van der Waals surface area contributed by atoms with Crippen LogP contribution in [-0.4, -0.2) is 62.8 Å². The summed E-state index contributed by atoms with van der Waals surface area (Å²) < 4.78 is 1.79. The quantitative estimate of drug-likeness (QED) is 0.728. The Hall–Kier alpha value is -2.29. The second kappa shape index (κ2) is 6.91. The molecule has 3 rings (SSSR count). The molecule has 2 saturated heterocycles. The maximum Gasteiger partial charge on any atom is 0.274 e. The molecule has 0 bridgehead atoms.